The first kappa shape index (κ1) is 15.4. The maximum atomic E-state index is 11.6. The lowest BCUT2D eigenvalue weighted by atomic mass is 10.2. The summed E-state index contributed by atoms with van der Waals surface area (Å²) in [7, 11) is 0. The molecule has 4 nitrogen and oxygen atoms in total. The number of hydrogen-bond donors (Lipinski definition) is 1. The van der Waals surface area contributed by atoms with Crippen LogP contribution in [-0.4, -0.2) is 31.8 Å². The lowest BCUT2D eigenvalue weighted by Crippen LogP contribution is -2.31. The zero-order valence-corrected chi connectivity index (χ0v) is 12.5. The molecule has 1 amide bonds. The van der Waals surface area contributed by atoms with Crippen LogP contribution < -0.4 is 10.1 Å². The van der Waals surface area contributed by atoms with E-state index in [4.69, 9.17) is 32.7 Å². The summed E-state index contributed by atoms with van der Waals surface area (Å²) < 4.78 is 10.8. The van der Waals surface area contributed by atoms with Gasteiger partial charge in [-0.05, 0) is 31.4 Å². The van der Waals surface area contributed by atoms with E-state index in [1.54, 1.807) is 18.2 Å². The van der Waals surface area contributed by atoms with Gasteiger partial charge in [0.25, 0.3) is 5.91 Å². The van der Waals surface area contributed by atoms with Crippen LogP contribution in [-0.2, 0) is 9.53 Å². The molecule has 1 fully saturated rings. The minimum absolute atomic E-state index is 0.0382. The van der Waals surface area contributed by atoms with Crippen LogP contribution in [0.2, 0.25) is 10.0 Å². The maximum Gasteiger partial charge on any atom is 0.257 e. The molecule has 1 aromatic rings. The van der Waals surface area contributed by atoms with E-state index in [0.29, 0.717) is 22.3 Å². The molecule has 2 rings (SSSR count). The van der Waals surface area contributed by atoms with Crippen LogP contribution in [0, 0.1) is 0 Å². The maximum absolute atomic E-state index is 11.6. The number of halogens is 2. The zero-order valence-electron chi connectivity index (χ0n) is 11.0. The van der Waals surface area contributed by atoms with Crippen molar-refractivity contribution in [3.05, 3.63) is 28.2 Å². The van der Waals surface area contributed by atoms with Gasteiger partial charge in [-0.2, -0.15) is 0 Å². The number of rotatable bonds is 6. The van der Waals surface area contributed by atoms with E-state index in [0.717, 1.165) is 25.9 Å². The molecule has 1 N–H and O–H groups in total. The molecule has 110 valence electrons. The third-order valence-corrected chi connectivity index (χ3v) is 3.81. The number of nitrogens with one attached hydrogen (secondary N) is 1. The van der Waals surface area contributed by atoms with Crippen molar-refractivity contribution in [2.45, 2.75) is 25.4 Å². The lowest BCUT2D eigenvalue weighted by Gasteiger charge is -2.11. The van der Waals surface area contributed by atoms with E-state index >= 15 is 0 Å². The molecule has 0 aliphatic carbocycles. The predicted molar refractivity (Wildman–Crippen MR) is 78.6 cm³/mol. The summed E-state index contributed by atoms with van der Waals surface area (Å²) in [6.07, 6.45) is 3.32. The number of benzene rings is 1. The summed E-state index contributed by atoms with van der Waals surface area (Å²) in [5.41, 5.74) is 0. The van der Waals surface area contributed by atoms with Crippen LogP contribution in [0.4, 0.5) is 0 Å². The molecule has 0 saturated carbocycles. The van der Waals surface area contributed by atoms with Crippen LogP contribution in [0.25, 0.3) is 0 Å². The van der Waals surface area contributed by atoms with Gasteiger partial charge in [0.2, 0.25) is 0 Å². The highest BCUT2D eigenvalue weighted by Crippen LogP contribution is 2.26. The summed E-state index contributed by atoms with van der Waals surface area (Å²) in [4.78, 5) is 11.6. The van der Waals surface area contributed by atoms with Crippen LogP contribution in [0.1, 0.15) is 19.3 Å². The molecule has 1 atom stereocenters. The molecule has 0 aromatic heterocycles. The van der Waals surface area contributed by atoms with Gasteiger partial charge < -0.3 is 14.8 Å². The van der Waals surface area contributed by atoms with Crippen molar-refractivity contribution >= 4 is 29.1 Å². The highest BCUT2D eigenvalue weighted by Gasteiger charge is 2.15. The topological polar surface area (TPSA) is 47.6 Å². The van der Waals surface area contributed by atoms with E-state index in [1.165, 1.54) is 0 Å². The average Bonchev–Trinajstić information content (AvgIpc) is 2.93. The van der Waals surface area contributed by atoms with Crippen molar-refractivity contribution in [3.63, 3.8) is 0 Å². The van der Waals surface area contributed by atoms with Gasteiger partial charge in [0.15, 0.2) is 6.61 Å². The van der Waals surface area contributed by atoms with E-state index in [1.807, 2.05) is 0 Å². The largest absolute Gasteiger partial charge is 0.484 e. The molecule has 1 aliphatic rings. The average molecular weight is 318 g/mol. The van der Waals surface area contributed by atoms with Gasteiger partial charge in [0.05, 0.1) is 16.1 Å². The Kier molecular flexibility index (Phi) is 5.95. The van der Waals surface area contributed by atoms with E-state index < -0.39 is 0 Å². The molecule has 1 aromatic carbocycles. The molecule has 1 heterocycles. The highest BCUT2D eigenvalue weighted by atomic mass is 35.5. The summed E-state index contributed by atoms with van der Waals surface area (Å²) in [6, 6.07) is 4.89. The van der Waals surface area contributed by atoms with Gasteiger partial charge in [0.1, 0.15) is 5.75 Å². The first-order chi connectivity index (χ1) is 9.65. The Labute approximate surface area is 128 Å². The summed E-state index contributed by atoms with van der Waals surface area (Å²) in [5.74, 6) is 0.364. The number of amides is 1. The van der Waals surface area contributed by atoms with Crippen LogP contribution in [0.15, 0.2) is 18.2 Å². The van der Waals surface area contributed by atoms with E-state index in [-0.39, 0.29) is 18.6 Å². The van der Waals surface area contributed by atoms with Gasteiger partial charge in [-0.1, -0.05) is 23.2 Å². The third kappa shape index (κ3) is 4.85. The van der Waals surface area contributed by atoms with Gasteiger partial charge >= 0.3 is 0 Å². The molecule has 6 heteroatoms. The Balaban J connectivity index is 1.65. The lowest BCUT2D eigenvalue weighted by molar-refractivity contribution is -0.123. The zero-order chi connectivity index (χ0) is 14.4. The Morgan fingerprint density at radius 3 is 2.95 bits per heavy atom. The minimum Gasteiger partial charge on any atom is -0.484 e. The van der Waals surface area contributed by atoms with Crippen molar-refractivity contribution in [3.8, 4) is 5.75 Å². The molecular formula is C14H17Cl2NO3. The first-order valence-electron chi connectivity index (χ1n) is 6.61. The minimum atomic E-state index is -0.158. The molecule has 0 bridgehead atoms. The van der Waals surface area contributed by atoms with E-state index in [2.05, 4.69) is 5.32 Å². The van der Waals surface area contributed by atoms with Gasteiger partial charge in [-0.3, -0.25) is 4.79 Å². The molecule has 1 saturated heterocycles. The summed E-state index contributed by atoms with van der Waals surface area (Å²) in [5, 5.41) is 3.67. The van der Waals surface area contributed by atoms with Gasteiger partial charge in [-0.25, -0.2) is 0 Å². The Morgan fingerprint density at radius 1 is 1.40 bits per heavy atom. The van der Waals surface area contributed by atoms with Crippen molar-refractivity contribution < 1.29 is 14.3 Å². The number of carbonyl (C=O) groups excluding carboxylic acids is 1. The molecule has 1 aliphatic heterocycles. The summed E-state index contributed by atoms with van der Waals surface area (Å²) in [6.45, 7) is 1.40. The predicted octanol–water partition coefficient (Wildman–Crippen LogP) is 3.06. The van der Waals surface area contributed by atoms with Crippen LogP contribution >= 0.6 is 23.2 Å². The Hall–Kier alpha value is -0.970. The first-order valence-corrected chi connectivity index (χ1v) is 7.37. The molecule has 20 heavy (non-hydrogen) atoms. The second-order valence-corrected chi connectivity index (χ2v) is 5.45. The smallest absolute Gasteiger partial charge is 0.257 e. The molecule has 0 unspecified atom stereocenters. The standard InChI is InChI=1S/C14H17Cl2NO3/c15-12-4-3-11(8-13(12)16)20-9-14(18)17-6-5-10-2-1-7-19-10/h3-4,8,10H,1-2,5-7,9H2,(H,17,18)/t10-/m1/s1. The molecule has 0 radical (unpaired) electrons. The fourth-order valence-corrected chi connectivity index (χ4v) is 2.30. The third-order valence-electron chi connectivity index (χ3n) is 3.07. The van der Waals surface area contributed by atoms with Crippen molar-refractivity contribution in [2.75, 3.05) is 19.8 Å². The van der Waals surface area contributed by atoms with E-state index in [9.17, 15) is 4.79 Å². The second kappa shape index (κ2) is 7.72. The van der Waals surface area contributed by atoms with Crippen molar-refractivity contribution in [1.29, 1.82) is 0 Å². The second-order valence-electron chi connectivity index (χ2n) is 4.64. The SMILES string of the molecule is O=C(COc1ccc(Cl)c(Cl)c1)NCC[C@H]1CCCO1. The Morgan fingerprint density at radius 2 is 2.25 bits per heavy atom. The summed E-state index contributed by atoms with van der Waals surface area (Å²) >= 11 is 11.7. The molecule has 0 spiro atoms. The van der Waals surface area contributed by atoms with Crippen LogP contribution in [0.3, 0.4) is 0 Å². The number of ether oxygens (including phenoxy) is 2. The highest BCUT2D eigenvalue weighted by molar-refractivity contribution is 6.42. The number of hydrogen-bond acceptors (Lipinski definition) is 3. The normalized spacial score (nSPS) is 18.0. The van der Waals surface area contributed by atoms with Crippen molar-refractivity contribution in [2.24, 2.45) is 0 Å². The fourth-order valence-electron chi connectivity index (χ4n) is 2.01. The van der Waals surface area contributed by atoms with Crippen LogP contribution in [0.5, 0.6) is 5.75 Å². The van der Waals surface area contributed by atoms with Gasteiger partial charge in [0, 0.05) is 19.2 Å². The molecular weight excluding hydrogens is 301 g/mol. The Bertz CT molecular complexity index is 462. The quantitative estimate of drug-likeness (QED) is 0.877. The monoisotopic (exact) mass is 317 g/mol. The number of carbonyl (C=O) groups is 1. The van der Waals surface area contributed by atoms with Gasteiger partial charge in [-0.15, -0.1) is 0 Å². The van der Waals surface area contributed by atoms with Crippen molar-refractivity contribution in [1.82, 2.24) is 5.32 Å². The fraction of sp³-hybridized carbons (Fsp3) is 0.500.